The van der Waals surface area contributed by atoms with Gasteiger partial charge in [0.05, 0.1) is 29.4 Å². The first-order chi connectivity index (χ1) is 12.1. The molecule has 7 nitrogen and oxygen atoms in total. The predicted molar refractivity (Wildman–Crippen MR) is 86.5 cm³/mol. The van der Waals surface area contributed by atoms with Crippen LogP contribution in [0.2, 0.25) is 0 Å². The summed E-state index contributed by atoms with van der Waals surface area (Å²) in [6.07, 6.45) is 3.28. The number of hydrogen-bond acceptors (Lipinski definition) is 4. The summed E-state index contributed by atoms with van der Waals surface area (Å²) in [5, 5.41) is 4.19. The van der Waals surface area contributed by atoms with Crippen molar-refractivity contribution in [3.8, 4) is 5.69 Å². The predicted octanol–water partition coefficient (Wildman–Crippen LogP) is 2.24. The third kappa shape index (κ3) is 3.42. The van der Waals surface area contributed by atoms with Crippen molar-refractivity contribution in [1.82, 2.24) is 20.6 Å². The summed E-state index contributed by atoms with van der Waals surface area (Å²) in [4.78, 5) is 24.1. The average molecular weight is 342 g/mol. The van der Waals surface area contributed by atoms with Crippen LogP contribution in [0.1, 0.15) is 33.5 Å². The van der Waals surface area contributed by atoms with Crippen LogP contribution in [0.3, 0.4) is 0 Å². The zero-order valence-corrected chi connectivity index (χ0v) is 13.3. The molecular weight excluding hydrogens is 327 g/mol. The van der Waals surface area contributed by atoms with Crippen molar-refractivity contribution < 1.29 is 18.4 Å². The molecule has 128 valence electrons. The number of furan rings is 1. The van der Waals surface area contributed by atoms with E-state index in [-0.39, 0.29) is 11.6 Å². The number of hydrazine groups is 1. The molecule has 0 saturated heterocycles. The molecule has 2 aromatic heterocycles. The van der Waals surface area contributed by atoms with Crippen molar-refractivity contribution in [2.45, 2.75) is 13.3 Å². The molecule has 3 rings (SSSR count). The highest BCUT2D eigenvalue weighted by Crippen LogP contribution is 2.16. The highest BCUT2D eigenvalue weighted by atomic mass is 19.1. The molecule has 0 bridgehead atoms. The first-order valence-electron chi connectivity index (χ1n) is 7.57. The zero-order valence-electron chi connectivity index (χ0n) is 13.3. The molecule has 0 saturated carbocycles. The lowest BCUT2D eigenvalue weighted by Gasteiger charge is -2.09. The number of aromatic nitrogens is 2. The Bertz CT molecular complexity index is 885. The molecule has 0 fully saturated rings. The molecule has 2 amide bonds. The molecule has 3 aromatic rings. The quantitative estimate of drug-likeness (QED) is 0.712. The van der Waals surface area contributed by atoms with Crippen LogP contribution >= 0.6 is 0 Å². The maximum atomic E-state index is 13.1. The third-order valence-electron chi connectivity index (χ3n) is 3.55. The average Bonchev–Trinajstić information content (AvgIpc) is 3.29. The summed E-state index contributed by atoms with van der Waals surface area (Å²) in [5.41, 5.74) is 6.18. The SMILES string of the molecule is CCc1c(C(=O)NNC(=O)c2ccco2)cnn1-c1ccc(F)cc1. The molecule has 0 unspecified atom stereocenters. The molecule has 0 atom stereocenters. The van der Waals surface area contributed by atoms with Gasteiger partial charge in [-0.1, -0.05) is 6.92 Å². The normalized spacial score (nSPS) is 10.5. The fourth-order valence-corrected chi connectivity index (χ4v) is 2.36. The summed E-state index contributed by atoms with van der Waals surface area (Å²) in [7, 11) is 0. The Balaban J connectivity index is 1.77. The molecular formula is C17H15FN4O3. The van der Waals surface area contributed by atoms with E-state index >= 15 is 0 Å². The summed E-state index contributed by atoms with van der Waals surface area (Å²) < 4.78 is 19.6. The summed E-state index contributed by atoms with van der Waals surface area (Å²) in [6.45, 7) is 1.87. The Hall–Kier alpha value is -3.42. The highest BCUT2D eigenvalue weighted by Gasteiger charge is 2.18. The van der Waals surface area contributed by atoms with Crippen molar-refractivity contribution >= 4 is 11.8 Å². The number of rotatable bonds is 4. The van der Waals surface area contributed by atoms with Crippen LogP contribution in [0.5, 0.6) is 0 Å². The van der Waals surface area contributed by atoms with Crippen LogP contribution in [0.4, 0.5) is 4.39 Å². The van der Waals surface area contributed by atoms with Gasteiger partial charge in [0, 0.05) is 0 Å². The van der Waals surface area contributed by atoms with Gasteiger partial charge in [0.25, 0.3) is 5.91 Å². The lowest BCUT2D eigenvalue weighted by Crippen LogP contribution is -2.41. The van der Waals surface area contributed by atoms with Gasteiger partial charge in [-0.25, -0.2) is 9.07 Å². The Morgan fingerprint density at radius 1 is 1.16 bits per heavy atom. The van der Waals surface area contributed by atoms with E-state index in [0.717, 1.165) is 0 Å². The number of nitrogens with zero attached hydrogens (tertiary/aromatic N) is 2. The zero-order chi connectivity index (χ0) is 17.8. The summed E-state index contributed by atoms with van der Waals surface area (Å²) in [5.74, 6) is -1.35. The van der Waals surface area contributed by atoms with Gasteiger partial charge in [0.2, 0.25) is 0 Å². The van der Waals surface area contributed by atoms with E-state index in [1.54, 1.807) is 22.9 Å². The minimum Gasteiger partial charge on any atom is -0.459 e. The van der Waals surface area contributed by atoms with E-state index in [4.69, 9.17) is 4.42 Å². The van der Waals surface area contributed by atoms with Gasteiger partial charge in [-0.05, 0) is 42.8 Å². The number of hydrogen-bond donors (Lipinski definition) is 2. The monoisotopic (exact) mass is 342 g/mol. The van der Waals surface area contributed by atoms with Crippen molar-refractivity contribution in [3.63, 3.8) is 0 Å². The minimum absolute atomic E-state index is 0.0815. The lowest BCUT2D eigenvalue weighted by molar-refractivity contribution is 0.0830. The number of carbonyl (C=O) groups excluding carboxylic acids is 2. The molecule has 0 aliphatic rings. The third-order valence-corrected chi connectivity index (χ3v) is 3.55. The molecule has 0 spiro atoms. The highest BCUT2D eigenvalue weighted by molar-refractivity contribution is 5.98. The second-order valence-corrected chi connectivity index (χ2v) is 5.13. The molecule has 2 heterocycles. The standard InChI is InChI=1S/C17H15FN4O3/c1-2-14-13(10-19-22(14)12-7-5-11(18)6-8-12)16(23)20-21-17(24)15-4-3-9-25-15/h3-10H,2H2,1H3,(H,20,23)(H,21,24). The Morgan fingerprint density at radius 2 is 1.88 bits per heavy atom. The van der Waals surface area contributed by atoms with Crippen molar-refractivity contribution in [3.05, 3.63) is 71.7 Å². The van der Waals surface area contributed by atoms with Crippen molar-refractivity contribution in [2.75, 3.05) is 0 Å². The Kier molecular flexibility index (Phi) is 4.60. The minimum atomic E-state index is -0.567. The van der Waals surface area contributed by atoms with Gasteiger partial charge in [-0.15, -0.1) is 0 Å². The van der Waals surface area contributed by atoms with Crippen molar-refractivity contribution in [1.29, 1.82) is 0 Å². The van der Waals surface area contributed by atoms with E-state index in [1.165, 1.54) is 30.7 Å². The number of benzene rings is 1. The van der Waals surface area contributed by atoms with E-state index < -0.39 is 11.8 Å². The molecule has 0 aliphatic heterocycles. The van der Waals surface area contributed by atoms with Crippen LogP contribution in [0.15, 0.2) is 53.3 Å². The smallest absolute Gasteiger partial charge is 0.305 e. The van der Waals surface area contributed by atoms with Gasteiger partial charge in [0.1, 0.15) is 5.82 Å². The van der Waals surface area contributed by atoms with Gasteiger partial charge in [0.15, 0.2) is 5.76 Å². The van der Waals surface area contributed by atoms with Crippen LogP contribution in [0.25, 0.3) is 5.69 Å². The second-order valence-electron chi connectivity index (χ2n) is 5.13. The largest absolute Gasteiger partial charge is 0.459 e. The van der Waals surface area contributed by atoms with E-state index in [2.05, 4.69) is 16.0 Å². The fraction of sp³-hybridized carbons (Fsp3) is 0.118. The molecule has 2 N–H and O–H groups in total. The first kappa shape index (κ1) is 16.4. The van der Waals surface area contributed by atoms with Gasteiger partial charge in [-0.3, -0.25) is 20.4 Å². The fourth-order valence-electron chi connectivity index (χ4n) is 2.36. The number of halogens is 1. The molecule has 0 radical (unpaired) electrons. The van der Waals surface area contributed by atoms with E-state index in [0.29, 0.717) is 23.4 Å². The number of carbonyl (C=O) groups is 2. The molecule has 0 aliphatic carbocycles. The van der Waals surface area contributed by atoms with Crippen LogP contribution in [0, 0.1) is 5.82 Å². The van der Waals surface area contributed by atoms with Crippen LogP contribution in [-0.2, 0) is 6.42 Å². The lowest BCUT2D eigenvalue weighted by atomic mass is 10.2. The maximum absolute atomic E-state index is 13.1. The molecule has 25 heavy (non-hydrogen) atoms. The van der Waals surface area contributed by atoms with Gasteiger partial charge >= 0.3 is 5.91 Å². The number of nitrogens with one attached hydrogen (secondary N) is 2. The summed E-state index contributed by atoms with van der Waals surface area (Å²) >= 11 is 0. The van der Waals surface area contributed by atoms with Gasteiger partial charge in [-0.2, -0.15) is 5.10 Å². The Labute approximate surface area is 142 Å². The first-order valence-corrected chi connectivity index (χ1v) is 7.57. The summed E-state index contributed by atoms with van der Waals surface area (Å²) in [6, 6.07) is 8.83. The van der Waals surface area contributed by atoms with E-state index in [9.17, 15) is 14.0 Å². The topological polar surface area (TPSA) is 89.2 Å². The van der Waals surface area contributed by atoms with Gasteiger partial charge < -0.3 is 4.42 Å². The van der Waals surface area contributed by atoms with Crippen molar-refractivity contribution in [2.24, 2.45) is 0 Å². The maximum Gasteiger partial charge on any atom is 0.305 e. The van der Waals surface area contributed by atoms with E-state index in [1.807, 2.05) is 6.92 Å². The second kappa shape index (κ2) is 7.00. The number of amides is 2. The van der Waals surface area contributed by atoms with Crippen LogP contribution in [-0.4, -0.2) is 21.6 Å². The molecule has 1 aromatic carbocycles. The Morgan fingerprint density at radius 3 is 2.52 bits per heavy atom. The molecule has 8 heteroatoms. The van der Waals surface area contributed by atoms with Crippen LogP contribution < -0.4 is 10.9 Å².